The fourth-order valence-electron chi connectivity index (χ4n) is 8.03. The van der Waals surface area contributed by atoms with Gasteiger partial charge in [0.1, 0.15) is 13.2 Å². The van der Waals surface area contributed by atoms with Gasteiger partial charge in [0.15, 0.2) is 6.10 Å². The molecule has 0 bridgehead atoms. The second kappa shape index (κ2) is 57.2. The van der Waals surface area contributed by atoms with E-state index in [0.717, 1.165) is 109 Å². The van der Waals surface area contributed by atoms with Gasteiger partial charge in [-0.05, 0) is 96.3 Å². The number of allylic oxidation sites excluding steroid dienone is 14. The predicted octanol–water partition coefficient (Wildman–Crippen LogP) is 19.5. The Morgan fingerprint density at radius 1 is 0.304 bits per heavy atom. The van der Waals surface area contributed by atoms with Crippen LogP contribution in [0.3, 0.4) is 0 Å². The molecule has 0 radical (unpaired) electrons. The van der Waals surface area contributed by atoms with Gasteiger partial charge in [-0.2, -0.15) is 0 Å². The molecule has 396 valence electrons. The molecule has 0 aliphatic carbocycles. The average Bonchev–Trinajstić information content (AvgIpc) is 3.35. The Hall–Kier alpha value is -3.41. The summed E-state index contributed by atoms with van der Waals surface area (Å²) in [6.45, 7) is 6.47. The molecule has 0 amide bonds. The second-order valence-corrected chi connectivity index (χ2v) is 19.2. The first-order valence-corrected chi connectivity index (χ1v) is 29.1. The number of ether oxygens (including phenoxy) is 3. The first-order chi connectivity index (χ1) is 34.0. The summed E-state index contributed by atoms with van der Waals surface area (Å²) in [6.07, 6.45) is 74.6. The van der Waals surface area contributed by atoms with Crippen LogP contribution in [0.5, 0.6) is 0 Å². The topological polar surface area (TPSA) is 78.9 Å². The van der Waals surface area contributed by atoms with Crippen LogP contribution in [0.2, 0.25) is 0 Å². The Balaban J connectivity index is 4.07. The summed E-state index contributed by atoms with van der Waals surface area (Å²) in [7, 11) is 0. The molecule has 0 aromatic rings. The maximum atomic E-state index is 12.8. The molecule has 0 aromatic carbocycles. The summed E-state index contributed by atoms with van der Waals surface area (Å²) in [4.78, 5) is 37.9. The maximum Gasteiger partial charge on any atom is 0.306 e. The van der Waals surface area contributed by atoms with Crippen LogP contribution in [0.15, 0.2) is 85.1 Å². The standard InChI is InChI=1S/C63H108O6/c1-4-7-10-13-16-18-20-22-23-24-25-26-27-28-29-30-31-32-33-34-35-36-37-38-39-41-42-44-47-50-53-56-62(65)68-59-60(58-67-61(64)55-52-49-46-15-12-9-6-3)69-63(66)57-54-51-48-45-43-40-21-19-17-14-11-8-5-2/h7,10,16,18-19,21-23,25-26,28-29,31-32,60H,4-6,8-9,11-15,17,20,24,27,30,33-59H2,1-3H3/b10-7-,18-16-,21-19-,23-22-,26-25-,29-28-,32-31-. The number of carbonyl (C=O) groups excluding carboxylic acids is 3. The van der Waals surface area contributed by atoms with Gasteiger partial charge in [0.2, 0.25) is 0 Å². The Morgan fingerprint density at radius 2 is 0.565 bits per heavy atom. The highest BCUT2D eigenvalue weighted by Gasteiger charge is 2.19. The maximum absolute atomic E-state index is 12.8. The van der Waals surface area contributed by atoms with Crippen molar-refractivity contribution in [3.8, 4) is 0 Å². The number of esters is 3. The molecule has 0 saturated carbocycles. The van der Waals surface area contributed by atoms with Crippen molar-refractivity contribution in [2.45, 2.75) is 284 Å². The summed E-state index contributed by atoms with van der Waals surface area (Å²) < 4.78 is 16.8. The second-order valence-electron chi connectivity index (χ2n) is 19.2. The van der Waals surface area contributed by atoms with Crippen molar-refractivity contribution in [1.29, 1.82) is 0 Å². The van der Waals surface area contributed by atoms with Gasteiger partial charge in [-0.3, -0.25) is 14.4 Å². The lowest BCUT2D eigenvalue weighted by Gasteiger charge is -2.18. The van der Waals surface area contributed by atoms with Crippen LogP contribution in [-0.4, -0.2) is 37.2 Å². The normalized spacial score (nSPS) is 12.7. The van der Waals surface area contributed by atoms with Crippen LogP contribution in [-0.2, 0) is 28.6 Å². The number of hydrogen-bond donors (Lipinski definition) is 0. The Bertz CT molecular complexity index is 1330. The summed E-state index contributed by atoms with van der Waals surface area (Å²) in [5.41, 5.74) is 0. The molecule has 6 nitrogen and oxygen atoms in total. The van der Waals surface area contributed by atoms with Gasteiger partial charge in [-0.15, -0.1) is 0 Å². The molecule has 0 N–H and O–H groups in total. The predicted molar refractivity (Wildman–Crippen MR) is 297 cm³/mol. The molecule has 69 heavy (non-hydrogen) atoms. The van der Waals surface area contributed by atoms with E-state index < -0.39 is 6.10 Å². The van der Waals surface area contributed by atoms with Gasteiger partial charge in [-0.25, -0.2) is 0 Å². The molecular formula is C63H108O6. The largest absolute Gasteiger partial charge is 0.462 e. The van der Waals surface area contributed by atoms with Gasteiger partial charge in [0.25, 0.3) is 0 Å². The lowest BCUT2D eigenvalue weighted by Crippen LogP contribution is -2.30. The lowest BCUT2D eigenvalue weighted by atomic mass is 10.0. The minimum atomic E-state index is -0.776. The van der Waals surface area contributed by atoms with Crippen LogP contribution in [0.25, 0.3) is 0 Å². The van der Waals surface area contributed by atoms with Crippen molar-refractivity contribution in [3.05, 3.63) is 85.1 Å². The zero-order valence-corrected chi connectivity index (χ0v) is 45.3. The minimum absolute atomic E-state index is 0.0778. The van der Waals surface area contributed by atoms with Gasteiger partial charge in [0.05, 0.1) is 0 Å². The summed E-state index contributed by atoms with van der Waals surface area (Å²) in [5, 5.41) is 0. The summed E-state index contributed by atoms with van der Waals surface area (Å²) in [6, 6.07) is 0. The van der Waals surface area contributed by atoms with Crippen molar-refractivity contribution in [2.75, 3.05) is 13.2 Å². The fourth-order valence-corrected chi connectivity index (χ4v) is 8.03. The Labute approximate surface area is 426 Å². The highest BCUT2D eigenvalue weighted by atomic mass is 16.6. The van der Waals surface area contributed by atoms with E-state index in [2.05, 4.69) is 106 Å². The van der Waals surface area contributed by atoms with Crippen LogP contribution in [0.1, 0.15) is 278 Å². The zero-order chi connectivity index (χ0) is 50.0. The third-order valence-corrected chi connectivity index (χ3v) is 12.4. The fraction of sp³-hybridized carbons (Fsp3) is 0.730. The SMILES string of the molecule is CC/C=C\C/C=C\C/C=C\C/C=C\C/C=C\C/C=C\CCCCCCCCCCCCCCC(=O)OCC(COC(=O)CCCCCCCCC)OC(=O)CCCCCCC/C=C\CCCCCC. The highest BCUT2D eigenvalue weighted by molar-refractivity contribution is 5.71. The van der Waals surface area contributed by atoms with Gasteiger partial charge in [0, 0.05) is 19.3 Å². The molecule has 0 spiro atoms. The van der Waals surface area contributed by atoms with E-state index in [4.69, 9.17) is 14.2 Å². The first-order valence-electron chi connectivity index (χ1n) is 29.1. The number of unbranched alkanes of at least 4 members (excludes halogenated alkanes) is 27. The molecule has 0 saturated heterocycles. The van der Waals surface area contributed by atoms with Crippen LogP contribution >= 0.6 is 0 Å². The lowest BCUT2D eigenvalue weighted by molar-refractivity contribution is -0.167. The molecule has 0 rings (SSSR count). The zero-order valence-electron chi connectivity index (χ0n) is 45.3. The van der Waals surface area contributed by atoms with E-state index in [1.807, 2.05) is 0 Å². The molecule has 0 aliphatic rings. The van der Waals surface area contributed by atoms with E-state index in [0.29, 0.717) is 19.3 Å². The van der Waals surface area contributed by atoms with Gasteiger partial charge >= 0.3 is 17.9 Å². The smallest absolute Gasteiger partial charge is 0.306 e. The molecule has 0 aliphatic heterocycles. The molecule has 0 heterocycles. The molecule has 1 atom stereocenters. The Morgan fingerprint density at radius 3 is 0.913 bits per heavy atom. The molecule has 0 fully saturated rings. The Kier molecular flexibility index (Phi) is 54.3. The number of rotatable bonds is 52. The molecule has 1 unspecified atom stereocenters. The summed E-state index contributed by atoms with van der Waals surface area (Å²) >= 11 is 0. The van der Waals surface area contributed by atoms with Crippen molar-refractivity contribution >= 4 is 17.9 Å². The van der Waals surface area contributed by atoms with Crippen molar-refractivity contribution in [2.24, 2.45) is 0 Å². The third kappa shape index (κ3) is 55.4. The highest BCUT2D eigenvalue weighted by Crippen LogP contribution is 2.15. The van der Waals surface area contributed by atoms with E-state index in [1.54, 1.807) is 0 Å². The monoisotopic (exact) mass is 961 g/mol. The average molecular weight is 962 g/mol. The quantitative estimate of drug-likeness (QED) is 0.0262. The first kappa shape index (κ1) is 65.6. The van der Waals surface area contributed by atoms with Crippen LogP contribution in [0.4, 0.5) is 0 Å². The van der Waals surface area contributed by atoms with E-state index in [9.17, 15) is 14.4 Å². The van der Waals surface area contributed by atoms with Crippen molar-refractivity contribution in [3.63, 3.8) is 0 Å². The van der Waals surface area contributed by atoms with Gasteiger partial charge in [-0.1, -0.05) is 247 Å². The van der Waals surface area contributed by atoms with E-state index in [-0.39, 0.29) is 31.1 Å². The van der Waals surface area contributed by atoms with E-state index in [1.165, 1.54) is 128 Å². The molecule has 0 aromatic heterocycles. The molecular weight excluding hydrogens is 853 g/mol. The van der Waals surface area contributed by atoms with Crippen molar-refractivity contribution in [1.82, 2.24) is 0 Å². The number of hydrogen-bond acceptors (Lipinski definition) is 6. The number of carbonyl (C=O) groups is 3. The minimum Gasteiger partial charge on any atom is -0.462 e. The third-order valence-electron chi connectivity index (χ3n) is 12.4. The van der Waals surface area contributed by atoms with Crippen LogP contribution in [0, 0.1) is 0 Å². The summed E-state index contributed by atoms with van der Waals surface area (Å²) in [5.74, 6) is -0.891. The van der Waals surface area contributed by atoms with Crippen molar-refractivity contribution < 1.29 is 28.6 Å². The van der Waals surface area contributed by atoms with E-state index >= 15 is 0 Å². The van der Waals surface area contributed by atoms with Gasteiger partial charge < -0.3 is 14.2 Å². The van der Waals surface area contributed by atoms with Crippen LogP contribution < -0.4 is 0 Å². The molecule has 6 heteroatoms.